The van der Waals surface area contributed by atoms with E-state index in [1.165, 1.54) is 6.07 Å². The van der Waals surface area contributed by atoms with Gasteiger partial charge in [-0.15, -0.1) is 10.2 Å². The van der Waals surface area contributed by atoms with Crippen molar-refractivity contribution < 1.29 is 23.0 Å². The van der Waals surface area contributed by atoms with E-state index in [0.717, 1.165) is 29.6 Å². The number of carbonyl (C=O) groups is 1. The van der Waals surface area contributed by atoms with Crippen LogP contribution in [0.25, 0.3) is 5.69 Å². The first-order chi connectivity index (χ1) is 16.5. The van der Waals surface area contributed by atoms with Crippen molar-refractivity contribution in [3.63, 3.8) is 0 Å². The van der Waals surface area contributed by atoms with Crippen molar-refractivity contribution >= 4 is 23.4 Å². The van der Waals surface area contributed by atoms with Gasteiger partial charge in [-0.3, -0.25) is 9.36 Å². The van der Waals surface area contributed by atoms with Crippen LogP contribution in [0.5, 0.6) is 11.5 Å². The molecule has 0 unspecified atom stereocenters. The fourth-order valence-corrected chi connectivity index (χ4v) is 3.81. The summed E-state index contributed by atoms with van der Waals surface area (Å²) < 4.78 is 39.4. The number of aromatic nitrogens is 3. The Kier molecular flexibility index (Phi) is 7.38. The number of anilines is 1. The van der Waals surface area contributed by atoms with Gasteiger partial charge in [0.2, 0.25) is 5.91 Å². The van der Waals surface area contributed by atoms with Gasteiger partial charge in [0.25, 0.3) is 0 Å². The minimum Gasteiger partial charge on any atom is -0.497 e. The second-order valence-corrected chi connectivity index (χ2v) is 7.94. The standard InChI is InChI=1S/C24H20F2N4O3S/c1-32-18-10-8-17(9-11-18)30-22(14-33-19-5-3-2-4-6-19)28-29-24(30)34-15-23(31)27-16-7-12-20(25)21(26)13-16/h2-13H,14-15H2,1H3,(H,27,31). The van der Waals surface area contributed by atoms with Crippen molar-refractivity contribution in [1.82, 2.24) is 14.8 Å². The number of amides is 1. The lowest BCUT2D eigenvalue weighted by Gasteiger charge is -2.12. The summed E-state index contributed by atoms with van der Waals surface area (Å²) in [5.74, 6) is -0.517. The lowest BCUT2D eigenvalue weighted by molar-refractivity contribution is -0.113. The molecule has 0 bridgehead atoms. The number of hydrogen-bond acceptors (Lipinski definition) is 6. The number of thioether (sulfide) groups is 1. The van der Waals surface area contributed by atoms with E-state index in [-0.39, 0.29) is 18.0 Å². The Morgan fingerprint density at radius 1 is 0.971 bits per heavy atom. The number of methoxy groups -OCH3 is 1. The molecule has 7 nitrogen and oxygen atoms in total. The molecule has 0 spiro atoms. The Hall–Kier alpha value is -3.92. The summed E-state index contributed by atoms with van der Waals surface area (Å²) in [7, 11) is 1.58. The van der Waals surface area contributed by atoms with Crippen LogP contribution in [0.3, 0.4) is 0 Å². The predicted molar refractivity (Wildman–Crippen MR) is 124 cm³/mol. The largest absolute Gasteiger partial charge is 0.497 e. The number of para-hydroxylation sites is 1. The van der Waals surface area contributed by atoms with Gasteiger partial charge in [-0.1, -0.05) is 30.0 Å². The molecule has 174 valence electrons. The molecule has 0 radical (unpaired) electrons. The Morgan fingerprint density at radius 2 is 1.74 bits per heavy atom. The molecule has 0 fully saturated rings. The second kappa shape index (κ2) is 10.8. The zero-order valence-electron chi connectivity index (χ0n) is 18.1. The van der Waals surface area contributed by atoms with Gasteiger partial charge in [-0.2, -0.15) is 0 Å². The highest BCUT2D eigenvalue weighted by Crippen LogP contribution is 2.25. The Balaban J connectivity index is 1.51. The van der Waals surface area contributed by atoms with Gasteiger partial charge in [0, 0.05) is 17.4 Å². The van der Waals surface area contributed by atoms with Crippen molar-refractivity contribution in [1.29, 1.82) is 0 Å². The summed E-state index contributed by atoms with van der Waals surface area (Å²) in [6, 6.07) is 19.8. The van der Waals surface area contributed by atoms with Crippen LogP contribution in [0.15, 0.2) is 78.0 Å². The summed E-state index contributed by atoms with van der Waals surface area (Å²) in [4.78, 5) is 12.4. The van der Waals surface area contributed by atoms with Crippen LogP contribution in [-0.2, 0) is 11.4 Å². The molecule has 3 aromatic carbocycles. The number of nitrogens with one attached hydrogen (secondary N) is 1. The van der Waals surface area contributed by atoms with Crippen LogP contribution in [0.2, 0.25) is 0 Å². The van der Waals surface area contributed by atoms with Gasteiger partial charge in [-0.25, -0.2) is 8.78 Å². The predicted octanol–water partition coefficient (Wildman–Crippen LogP) is 4.86. The molecule has 1 N–H and O–H groups in total. The molecule has 1 aromatic heterocycles. The average Bonchev–Trinajstić information content (AvgIpc) is 3.27. The van der Waals surface area contributed by atoms with Crippen LogP contribution >= 0.6 is 11.8 Å². The third-order valence-electron chi connectivity index (χ3n) is 4.68. The van der Waals surface area contributed by atoms with E-state index in [2.05, 4.69) is 15.5 Å². The summed E-state index contributed by atoms with van der Waals surface area (Å²) in [6.07, 6.45) is 0. The maximum atomic E-state index is 13.4. The number of ether oxygens (including phenoxy) is 2. The topological polar surface area (TPSA) is 78.3 Å². The molecule has 1 amide bonds. The number of hydrogen-bond donors (Lipinski definition) is 1. The summed E-state index contributed by atoms with van der Waals surface area (Å²) >= 11 is 1.15. The first kappa shape index (κ1) is 23.2. The molecule has 4 aromatic rings. The quantitative estimate of drug-likeness (QED) is 0.343. The zero-order valence-corrected chi connectivity index (χ0v) is 18.9. The second-order valence-electron chi connectivity index (χ2n) is 7.00. The molecule has 0 aliphatic carbocycles. The van der Waals surface area contributed by atoms with E-state index in [0.29, 0.717) is 22.5 Å². The van der Waals surface area contributed by atoms with Gasteiger partial charge < -0.3 is 14.8 Å². The molecule has 0 atom stereocenters. The number of rotatable bonds is 9. The SMILES string of the molecule is COc1ccc(-n2c(COc3ccccc3)nnc2SCC(=O)Nc2ccc(F)c(F)c2)cc1. The van der Waals surface area contributed by atoms with Crippen LogP contribution in [0.1, 0.15) is 5.82 Å². The lowest BCUT2D eigenvalue weighted by atomic mass is 10.3. The third-order valence-corrected chi connectivity index (χ3v) is 5.61. The van der Waals surface area contributed by atoms with Crippen molar-refractivity contribution in [2.24, 2.45) is 0 Å². The minimum absolute atomic E-state index is 0.0210. The average molecular weight is 483 g/mol. The van der Waals surface area contributed by atoms with Crippen molar-refractivity contribution in [3.8, 4) is 17.2 Å². The monoisotopic (exact) mass is 482 g/mol. The molecular formula is C24H20F2N4O3S. The summed E-state index contributed by atoms with van der Waals surface area (Å²) in [5.41, 5.74) is 0.930. The number of nitrogens with zero attached hydrogens (tertiary/aromatic N) is 3. The van der Waals surface area contributed by atoms with Gasteiger partial charge in [-0.05, 0) is 48.5 Å². The Morgan fingerprint density at radius 3 is 2.44 bits per heavy atom. The fraction of sp³-hybridized carbons (Fsp3) is 0.125. The molecule has 0 saturated heterocycles. The maximum absolute atomic E-state index is 13.4. The van der Waals surface area contributed by atoms with E-state index < -0.39 is 17.5 Å². The van der Waals surface area contributed by atoms with E-state index in [4.69, 9.17) is 9.47 Å². The fourth-order valence-electron chi connectivity index (χ4n) is 3.04. The summed E-state index contributed by atoms with van der Waals surface area (Å²) in [6.45, 7) is 0.157. The van der Waals surface area contributed by atoms with Crippen LogP contribution in [-0.4, -0.2) is 33.5 Å². The summed E-state index contributed by atoms with van der Waals surface area (Å²) in [5, 5.41) is 11.5. The van der Waals surface area contributed by atoms with E-state index in [1.807, 2.05) is 42.5 Å². The Bertz CT molecular complexity index is 1270. The first-order valence-corrected chi connectivity index (χ1v) is 11.2. The third kappa shape index (κ3) is 5.70. The Labute approximate surface area is 198 Å². The van der Waals surface area contributed by atoms with Crippen LogP contribution < -0.4 is 14.8 Å². The molecule has 0 aliphatic heterocycles. The molecule has 34 heavy (non-hydrogen) atoms. The highest BCUT2D eigenvalue weighted by Gasteiger charge is 2.17. The van der Waals surface area contributed by atoms with Crippen molar-refractivity contribution in [2.75, 3.05) is 18.2 Å². The molecule has 0 saturated carbocycles. The van der Waals surface area contributed by atoms with Gasteiger partial charge in [0.05, 0.1) is 12.9 Å². The molecule has 0 aliphatic rings. The van der Waals surface area contributed by atoms with Gasteiger partial charge in [0.15, 0.2) is 22.6 Å². The first-order valence-electron chi connectivity index (χ1n) is 10.2. The lowest BCUT2D eigenvalue weighted by Crippen LogP contribution is -2.15. The van der Waals surface area contributed by atoms with Crippen molar-refractivity contribution in [3.05, 3.63) is 90.3 Å². The normalized spacial score (nSPS) is 10.7. The number of carbonyl (C=O) groups excluding carboxylic acids is 1. The maximum Gasteiger partial charge on any atom is 0.234 e. The number of halogens is 2. The van der Waals surface area contributed by atoms with Crippen LogP contribution in [0, 0.1) is 11.6 Å². The van der Waals surface area contributed by atoms with E-state index >= 15 is 0 Å². The van der Waals surface area contributed by atoms with E-state index in [9.17, 15) is 13.6 Å². The highest BCUT2D eigenvalue weighted by molar-refractivity contribution is 7.99. The highest BCUT2D eigenvalue weighted by atomic mass is 32.2. The molecule has 4 rings (SSSR count). The van der Waals surface area contributed by atoms with Crippen LogP contribution in [0.4, 0.5) is 14.5 Å². The minimum atomic E-state index is -1.03. The molecular weight excluding hydrogens is 462 g/mol. The van der Waals surface area contributed by atoms with E-state index in [1.54, 1.807) is 23.8 Å². The van der Waals surface area contributed by atoms with Gasteiger partial charge >= 0.3 is 0 Å². The zero-order chi connectivity index (χ0) is 23.9. The van der Waals surface area contributed by atoms with Crippen molar-refractivity contribution in [2.45, 2.75) is 11.8 Å². The smallest absolute Gasteiger partial charge is 0.234 e. The molecule has 10 heteroatoms. The molecule has 1 heterocycles. The van der Waals surface area contributed by atoms with Gasteiger partial charge in [0.1, 0.15) is 18.1 Å². The number of benzene rings is 3.